The molecule has 0 radical (unpaired) electrons. The smallest absolute Gasteiger partial charge is 0.291 e. The molecule has 1 atom stereocenters. The average molecular weight is 419 g/mol. The summed E-state index contributed by atoms with van der Waals surface area (Å²) in [5, 5.41) is 18.6. The van der Waals surface area contributed by atoms with Crippen molar-refractivity contribution in [2.45, 2.75) is 12.5 Å². The number of likely N-dealkylation sites (N-methyl/N-ethyl adjacent to an activating group) is 1. The Morgan fingerprint density at radius 3 is 3.13 bits per heavy atom. The number of nitriles is 1. The molecule has 0 aliphatic carbocycles. The van der Waals surface area contributed by atoms with Gasteiger partial charge in [-0.3, -0.25) is 9.89 Å². The van der Waals surface area contributed by atoms with Crippen LogP contribution in [-0.2, 0) is 6.42 Å². The van der Waals surface area contributed by atoms with Crippen molar-refractivity contribution >= 4 is 28.9 Å². The van der Waals surface area contributed by atoms with E-state index in [4.69, 9.17) is 22.2 Å². The summed E-state index contributed by atoms with van der Waals surface area (Å²) < 4.78 is 5.76. The third-order valence-electron chi connectivity index (χ3n) is 4.57. The fourth-order valence-electron chi connectivity index (χ4n) is 3.08. The van der Waals surface area contributed by atoms with Crippen LogP contribution < -0.4 is 15.0 Å². The summed E-state index contributed by atoms with van der Waals surface area (Å²) >= 11 is 5.51. The summed E-state index contributed by atoms with van der Waals surface area (Å²) in [6, 6.07) is 12.3. The monoisotopic (exact) mass is 419 g/mol. The molecule has 1 aliphatic rings. The molecule has 10 heteroatoms. The van der Waals surface area contributed by atoms with E-state index in [-0.39, 0.29) is 12.4 Å². The number of benzene rings is 1. The second-order valence-corrected chi connectivity index (χ2v) is 7.07. The summed E-state index contributed by atoms with van der Waals surface area (Å²) in [5.74, 6) is 1.25. The van der Waals surface area contributed by atoms with Gasteiger partial charge in [-0.1, -0.05) is 24.4 Å². The van der Waals surface area contributed by atoms with Gasteiger partial charge >= 0.3 is 0 Å². The zero-order valence-corrected chi connectivity index (χ0v) is 16.8. The molecule has 3 heterocycles. The van der Waals surface area contributed by atoms with Gasteiger partial charge in [0.2, 0.25) is 5.82 Å². The van der Waals surface area contributed by atoms with Crippen molar-refractivity contribution in [1.29, 1.82) is 5.26 Å². The number of carbonyl (C=O) groups is 1. The molecule has 9 nitrogen and oxygen atoms in total. The SMILES string of the molecule is CN1C(=S)C(NC(=O)c2n[nH]c(Cc3cccc(C#N)c3)n2)COc2cccnc21. The Labute approximate surface area is 177 Å². The van der Waals surface area contributed by atoms with Gasteiger partial charge in [-0.15, -0.1) is 5.10 Å². The van der Waals surface area contributed by atoms with Crippen LogP contribution in [0.3, 0.4) is 0 Å². The number of pyridine rings is 1. The fourth-order valence-corrected chi connectivity index (χ4v) is 3.29. The van der Waals surface area contributed by atoms with E-state index < -0.39 is 11.9 Å². The van der Waals surface area contributed by atoms with Crippen LogP contribution >= 0.6 is 12.2 Å². The quantitative estimate of drug-likeness (QED) is 0.612. The molecule has 3 aromatic rings. The number of fused-ring (bicyclic) bond motifs is 1. The molecule has 0 saturated heterocycles. The molecule has 2 N–H and O–H groups in total. The lowest BCUT2D eigenvalue weighted by Crippen LogP contribution is -2.48. The predicted molar refractivity (Wildman–Crippen MR) is 112 cm³/mol. The number of nitrogens with zero attached hydrogens (tertiary/aromatic N) is 5. The Balaban J connectivity index is 1.44. The van der Waals surface area contributed by atoms with Gasteiger partial charge in [0.1, 0.15) is 23.5 Å². The van der Waals surface area contributed by atoms with Gasteiger partial charge in [0, 0.05) is 19.7 Å². The van der Waals surface area contributed by atoms with Crippen molar-refractivity contribution < 1.29 is 9.53 Å². The van der Waals surface area contributed by atoms with Crippen LogP contribution in [0.1, 0.15) is 27.6 Å². The highest BCUT2D eigenvalue weighted by molar-refractivity contribution is 7.80. The van der Waals surface area contributed by atoms with E-state index in [0.717, 1.165) is 5.56 Å². The standard InChI is InChI=1S/C20H17N7O2S/c1-27-18-15(6-3-7-22-18)29-11-14(20(27)30)23-19(28)17-24-16(25-26-17)9-12-4-2-5-13(8-12)10-21/h2-8,14H,9,11H2,1H3,(H,23,28)(H,24,25,26). The average Bonchev–Trinajstić information content (AvgIpc) is 3.20. The number of H-pyrrole nitrogens is 1. The molecule has 30 heavy (non-hydrogen) atoms. The second kappa shape index (κ2) is 8.26. The van der Waals surface area contributed by atoms with Crippen LogP contribution in [0.2, 0.25) is 0 Å². The maximum Gasteiger partial charge on any atom is 0.291 e. The second-order valence-electron chi connectivity index (χ2n) is 6.65. The first-order valence-electron chi connectivity index (χ1n) is 9.11. The van der Waals surface area contributed by atoms with Crippen LogP contribution in [0.4, 0.5) is 5.82 Å². The van der Waals surface area contributed by atoms with Crippen molar-refractivity contribution in [3.63, 3.8) is 0 Å². The first kappa shape index (κ1) is 19.5. The number of hydrogen-bond donors (Lipinski definition) is 2. The topological polar surface area (TPSA) is 120 Å². The largest absolute Gasteiger partial charge is 0.487 e. The van der Waals surface area contributed by atoms with Crippen molar-refractivity contribution in [3.05, 3.63) is 65.4 Å². The zero-order valence-electron chi connectivity index (χ0n) is 16.0. The predicted octanol–water partition coefficient (Wildman–Crippen LogP) is 1.62. The van der Waals surface area contributed by atoms with Gasteiger partial charge in [0.15, 0.2) is 11.6 Å². The van der Waals surface area contributed by atoms with Gasteiger partial charge in [-0.05, 0) is 29.8 Å². The van der Waals surface area contributed by atoms with Crippen molar-refractivity contribution in [2.24, 2.45) is 0 Å². The number of anilines is 1. The summed E-state index contributed by atoms with van der Waals surface area (Å²) in [4.78, 5) is 23.4. The molecule has 0 spiro atoms. The third kappa shape index (κ3) is 3.97. The van der Waals surface area contributed by atoms with Crippen LogP contribution in [0.5, 0.6) is 5.75 Å². The number of ether oxygens (including phenoxy) is 1. The lowest BCUT2D eigenvalue weighted by atomic mass is 10.1. The zero-order chi connectivity index (χ0) is 21.1. The summed E-state index contributed by atoms with van der Waals surface area (Å²) in [6.45, 7) is 0.172. The number of aromatic amines is 1. The van der Waals surface area contributed by atoms with E-state index in [9.17, 15) is 4.79 Å². The van der Waals surface area contributed by atoms with Gasteiger partial charge in [0.05, 0.1) is 11.6 Å². The molecule has 0 bridgehead atoms. The van der Waals surface area contributed by atoms with Crippen molar-refractivity contribution in [1.82, 2.24) is 25.5 Å². The Kier molecular flexibility index (Phi) is 5.36. The number of carbonyl (C=O) groups excluding carboxylic acids is 1. The summed E-state index contributed by atoms with van der Waals surface area (Å²) in [6.07, 6.45) is 2.08. The number of nitrogens with one attached hydrogen (secondary N) is 2. The minimum atomic E-state index is -0.541. The van der Waals surface area contributed by atoms with Crippen LogP contribution in [-0.4, -0.2) is 50.8 Å². The van der Waals surface area contributed by atoms with Crippen molar-refractivity contribution in [2.75, 3.05) is 18.6 Å². The maximum atomic E-state index is 12.7. The first-order valence-corrected chi connectivity index (χ1v) is 9.52. The summed E-state index contributed by atoms with van der Waals surface area (Å²) in [7, 11) is 1.78. The normalized spacial score (nSPS) is 15.5. The number of aromatic nitrogens is 4. The van der Waals surface area contributed by atoms with Gasteiger partial charge in [0.25, 0.3) is 5.91 Å². The Morgan fingerprint density at radius 2 is 2.30 bits per heavy atom. The number of hydrogen-bond acceptors (Lipinski definition) is 7. The van der Waals surface area contributed by atoms with E-state index in [1.165, 1.54) is 0 Å². The Hall–Kier alpha value is -3.84. The highest BCUT2D eigenvalue weighted by atomic mass is 32.1. The Bertz CT molecular complexity index is 1150. The minimum absolute atomic E-state index is 0.00627. The number of rotatable bonds is 4. The van der Waals surface area contributed by atoms with Gasteiger partial charge < -0.3 is 15.0 Å². The van der Waals surface area contributed by atoms with Crippen LogP contribution in [0.25, 0.3) is 0 Å². The first-order chi connectivity index (χ1) is 14.5. The molecule has 1 aliphatic heterocycles. The molecule has 0 fully saturated rings. The molecule has 4 rings (SSSR count). The van der Waals surface area contributed by atoms with E-state index in [2.05, 4.69) is 31.6 Å². The van der Waals surface area contributed by atoms with Crippen LogP contribution in [0, 0.1) is 11.3 Å². The van der Waals surface area contributed by atoms with E-state index in [0.29, 0.717) is 34.4 Å². The molecule has 1 aromatic carbocycles. The molecule has 2 aromatic heterocycles. The van der Waals surface area contributed by atoms with E-state index in [1.54, 1.807) is 48.5 Å². The molecule has 0 saturated carbocycles. The molecular weight excluding hydrogens is 402 g/mol. The van der Waals surface area contributed by atoms with Crippen LogP contribution in [0.15, 0.2) is 42.6 Å². The molecule has 150 valence electrons. The number of amides is 1. The molecule has 1 unspecified atom stereocenters. The molecular formula is C20H17N7O2S. The fraction of sp³-hybridized carbons (Fsp3) is 0.200. The maximum absolute atomic E-state index is 12.7. The van der Waals surface area contributed by atoms with E-state index in [1.807, 2.05) is 6.07 Å². The minimum Gasteiger partial charge on any atom is -0.487 e. The summed E-state index contributed by atoms with van der Waals surface area (Å²) in [5.41, 5.74) is 1.45. The highest BCUT2D eigenvalue weighted by Gasteiger charge is 2.29. The van der Waals surface area contributed by atoms with Gasteiger partial charge in [-0.2, -0.15) is 5.26 Å². The van der Waals surface area contributed by atoms with Crippen molar-refractivity contribution in [3.8, 4) is 11.8 Å². The Morgan fingerprint density at radius 1 is 1.43 bits per heavy atom. The van der Waals surface area contributed by atoms with E-state index >= 15 is 0 Å². The molecule has 1 amide bonds. The highest BCUT2D eigenvalue weighted by Crippen LogP contribution is 2.27. The van der Waals surface area contributed by atoms with Gasteiger partial charge in [-0.25, -0.2) is 9.97 Å². The number of thiocarbonyl (C=S) groups is 1. The lowest BCUT2D eigenvalue weighted by Gasteiger charge is -2.22. The third-order valence-corrected chi connectivity index (χ3v) is 5.13. The lowest BCUT2D eigenvalue weighted by molar-refractivity contribution is 0.0927.